The summed E-state index contributed by atoms with van der Waals surface area (Å²) < 4.78 is 22.7. The van der Waals surface area contributed by atoms with Crippen molar-refractivity contribution < 1.29 is 8.42 Å². The van der Waals surface area contributed by atoms with Gasteiger partial charge in [0.05, 0.1) is 11.5 Å². The summed E-state index contributed by atoms with van der Waals surface area (Å²) in [5.41, 5.74) is 0. The van der Waals surface area contributed by atoms with Gasteiger partial charge in [-0.15, -0.1) is 0 Å². The average Bonchev–Trinajstić information content (AvgIpc) is 2.52. The van der Waals surface area contributed by atoms with Crippen molar-refractivity contribution in [3.63, 3.8) is 0 Å². The predicted molar refractivity (Wildman–Crippen MR) is 68.3 cm³/mol. The average molecular weight is 247 g/mol. The minimum Gasteiger partial charge on any atom is -0.317 e. The van der Waals surface area contributed by atoms with E-state index in [1.807, 2.05) is 7.05 Å². The minimum absolute atomic E-state index is 0.384. The van der Waals surface area contributed by atoms with E-state index in [-0.39, 0.29) is 0 Å². The van der Waals surface area contributed by atoms with Crippen LogP contribution in [0, 0.1) is 11.8 Å². The predicted octanol–water partition coefficient (Wildman–Crippen LogP) is 1.84. The number of sulfone groups is 1. The first-order valence-corrected chi connectivity index (χ1v) is 8.12. The smallest absolute Gasteiger partial charge is 0.150 e. The molecule has 0 aromatic carbocycles. The normalized spacial score (nSPS) is 26.1. The highest BCUT2D eigenvalue weighted by atomic mass is 32.2. The molecule has 0 bridgehead atoms. The number of rotatable bonds is 6. The third kappa shape index (κ3) is 4.83. The molecule has 0 spiro atoms. The summed E-state index contributed by atoms with van der Waals surface area (Å²) in [5.74, 6) is 1.92. The zero-order valence-corrected chi connectivity index (χ0v) is 11.5. The summed E-state index contributed by atoms with van der Waals surface area (Å²) in [6, 6.07) is 0.487. The van der Waals surface area contributed by atoms with E-state index in [1.54, 1.807) is 0 Å². The van der Waals surface area contributed by atoms with Crippen LogP contribution in [0.15, 0.2) is 0 Å². The summed E-state index contributed by atoms with van der Waals surface area (Å²) in [7, 11) is -0.728. The lowest BCUT2D eigenvalue weighted by Gasteiger charge is -2.20. The zero-order valence-electron chi connectivity index (χ0n) is 10.7. The van der Waals surface area contributed by atoms with Crippen molar-refractivity contribution in [1.82, 2.24) is 5.32 Å². The van der Waals surface area contributed by atoms with Gasteiger partial charge in [0.2, 0.25) is 0 Å². The van der Waals surface area contributed by atoms with Crippen molar-refractivity contribution in [3.05, 3.63) is 0 Å². The molecule has 2 atom stereocenters. The number of hydrogen-bond acceptors (Lipinski definition) is 3. The van der Waals surface area contributed by atoms with Crippen LogP contribution in [-0.4, -0.2) is 33.0 Å². The van der Waals surface area contributed by atoms with Gasteiger partial charge in [-0.25, -0.2) is 8.42 Å². The Labute approximate surface area is 99.9 Å². The molecule has 1 fully saturated rings. The topological polar surface area (TPSA) is 46.2 Å². The number of hydrogen-bond donors (Lipinski definition) is 1. The molecule has 1 rings (SSSR count). The molecule has 16 heavy (non-hydrogen) atoms. The van der Waals surface area contributed by atoms with Crippen molar-refractivity contribution in [2.24, 2.45) is 11.8 Å². The maximum Gasteiger partial charge on any atom is 0.150 e. The summed E-state index contributed by atoms with van der Waals surface area (Å²) >= 11 is 0. The van der Waals surface area contributed by atoms with E-state index < -0.39 is 9.84 Å². The molecule has 0 saturated carbocycles. The lowest BCUT2D eigenvalue weighted by Crippen LogP contribution is -2.28. The van der Waals surface area contributed by atoms with Gasteiger partial charge < -0.3 is 5.32 Å². The second-order valence-electron chi connectivity index (χ2n) is 5.46. The van der Waals surface area contributed by atoms with Crippen molar-refractivity contribution in [1.29, 1.82) is 0 Å². The van der Waals surface area contributed by atoms with Crippen molar-refractivity contribution in [2.75, 3.05) is 18.6 Å². The van der Waals surface area contributed by atoms with Gasteiger partial charge in [-0.3, -0.25) is 0 Å². The van der Waals surface area contributed by atoms with Gasteiger partial charge in [-0.2, -0.15) is 0 Å². The van der Waals surface area contributed by atoms with Gasteiger partial charge in [0.25, 0.3) is 0 Å². The molecule has 1 N–H and O–H groups in total. The van der Waals surface area contributed by atoms with Gasteiger partial charge >= 0.3 is 0 Å². The molecule has 0 aromatic heterocycles. The largest absolute Gasteiger partial charge is 0.317 e. The Morgan fingerprint density at radius 3 is 2.44 bits per heavy atom. The fraction of sp³-hybridized carbons (Fsp3) is 1.00. The van der Waals surface area contributed by atoms with Gasteiger partial charge in [0.1, 0.15) is 0 Å². The minimum atomic E-state index is -2.71. The molecule has 4 heteroatoms. The first kappa shape index (κ1) is 14.0. The molecule has 0 radical (unpaired) electrons. The molecule has 0 aromatic rings. The monoisotopic (exact) mass is 247 g/mol. The Hall–Kier alpha value is -0.0900. The standard InChI is InChI=1S/C12H25NO2S/c1-10(2)4-5-12(13-3)8-11-6-7-16(14,15)9-11/h10-13H,4-9H2,1-3H3. The molecule has 3 nitrogen and oxygen atoms in total. The molecule has 96 valence electrons. The number of nitrogens with one attached hydrogen (secondary N) is 1. The third-order valence-corrected chi connectivity index (χ3v) is 5.28. The van der Waals surface area contributed by atoms with Crippen LogP contribution in [0.4, 0.5) is 0 Å². The van der Waals surface area contributed by atoms with Crippen LogP contribution in [0.5, 0.6) is 0 Å². The molecular weight excluding hydrogens is 222 g/mol. The first-order chi connectivity index (χ1) is 7.43. The van der Waals surface area contributed by atoms with E-state index in [0.29, 0.717) is 23.5 Å². The fourth-order valence-corrected chi connectivity index (χ4v) is 4.25. The van der Waals surface area contributed by atoms with E-state index in [1.165, 1.54) is 6.42 Å². The molecular formula is C12H25NO2S. The maximum atomic E-state index is 11.4. The van der Waals surface area contributed by atoms with Crippen LogP contribution >= 0.6 is 0 Å². The summed E-state index contributed by atoms with van der Waals surface area (Å²) in [4.78, 5) is 0. The van der Waals surface area contributed by atoms with Crippen molar-refractivity contribution in [3.8, 4) is 0 Å². The lowest BCUT2D eigenvalue weighted by atomic mass is 9.94. The van der Waals surface area contributed by atoms with Gasteiger partial charge in [0.15, 0.2) is 9.84 Å². The Kier molecular flexibility index (Phi) is 5.25. The highest BCUT2D eigenvalue weighted by Gasteiger charge is 2.29. The highest BCUT2D eigenvalue weighted by molar-refractivity contribution is 7.91. The van der Waals surface area contributed by atoms with Crippen LogP contribution in [0.2, 0.25) is 0 Å². The summed E-state index contributed by atoms with van der Waals surface area (Å²) in [5, 5.41) is 3.32. The van der Waals surface area contributed by atoms with E-state index in [4.69, 9.17) is 0 Å². The van der Waals surface area contributed by atoms with Crippen molar-refractivity contribution >= 4 is 9.84 Å². The highest BCUT2D eigenvalue weighted by Crippen LogP contribution is 2.24. The Morgan fingerprint density at radius 2 is 2.00 bits per heavy atom. The Balaban J connectivity index is 2.34. The SMILES string of the molecule is CNC(CCC(C)C)CC1CCS(=O)(=O)C1. The third-order valence-electron chi connectivity index (χ3n) is 3.45. The van der Waals surface area contributed by atoms with Crippen LogP contribution in [0.25, 0.3) is 0 Å². The summed E-state index contributed by atoms with van der Waals surface area (Å²) in [6.07, 6.45) is 4.25. The van der Waals surface area contributed by atoms with E-state index in [0.717, 1.165) is 25.2 Å². The fourth-order valence-electron chi connectivity index (χ4n) is 2.37. The van der Waals surface area contributed by atoms with Gasteiger partial charge in [-0.05, 0) is 44.6 Å². The van der Waals surface area contributed by atoms with Crippen LogP contribution in [0.1, 0.15) is 39.5 Å². The lowest BCUT2D eigenvalue weighted by molar-refractivity contribution is 0.379. The van der Waals surface area contributed by atoms with E-state index >= 15 is 0 Å². The molecule has 1 aliphatic heterocycles. The molecule has 2 unspecified atom stereocenters. The molecule has 1 aliphatic rings. The van der Waals surface area contributed by atoms with E-state index in [2.05, 4.69) is 19.2 Å². The van der Waals surface area contributed by atoms with Crippen molar-refractivity contribution in [2.45, 2.75) is 45.6 Å². The van der Waals surface area contributed by atoms with Gasteiger partial charge in [0, 0.05) is 6.04 Å². The molecule has 0 amide bonds. The second-order valence-corrected chi connectivity index (χ2v) is 7.69. The van der Waals surface area contributed by atoms with Crippen LogP contribution in [-0.2, 0) is 9.84 Å². The quantitative estimate of drug-likeness (QED) is 0.779. The second kappa shape index (κ2) is 6.01. The Bertz CT molecular complexity index is 298. The molecule has 1 heterocycles. The maximum absolute atomic E-state index is 11.4. The van der Waals surface area contributed by atoms with Crippen LogP contribution < -0.4 is 5.32 Å². The summed E-state index contributed by atoms with van der Waals surface area (Å²) in [6.45, 7) is 4.46. The first-order valence-electron chi connectivity index (χ1n) is 6.30. The van der Waals surface area contributed by atoms with Crippen LogP contribution in [0.3, 0.4) is 0 Å². The molecule has 0 aliphatic carbocycles. The van der Waals surface area contributed by atoms with E-state index in [9.17, 15) is 8.42 Å². The molecule has 1 saturated heterocycles. The Morgan fingerprint density at radius 1 is 1.31 bits per heavy atom. The van der Waals surface area contributed by atoms with Gasteiger partial charge in [-0.1, -0.05) is 13.8 Å². The zero-order chi connectivity index (χ0) is 12.2.